The molecule has 1 aromatic carbocycles. The summed E-state index contributed by atoms with van der Waals surface area (Å²) in [5, 5.41) is 0. The maximum absolute atomic E-state index is 12.0. The Morgan fingerprint density at radius 2 is 2.08 bits per heavy atom. The molecule has 0 saturated heterocycles. The molecule has 2 rings (SSSR count). The van der Waals surface area contributed by atoms with Crippen LogP contribution in [0.2, 0.25) is 0 Å². The maximum Gasteiger partial charge on any atom is 0.308 e. The number of rotatable bonds is 8. The summed E-state index contributed by atoms with van der Waals surface area (Å²) in [6.45, 7) is 1.56. The van der Waals surface area contributed by atoms with Gasteiger partial charge in [0.1, 0.15) is 6.33 Å². The molecule has 0 fully saturated rings. The van der Waals surface area contributed by atoms with Gasteiger partial charge < -0.3 is 0 Å². The molecule has 0 spiro atoms. The quantitative estimate of drug-likeness (QED) is 0.407. The van der Waals surface area contributed by atoms with Gasteiger partial charge in [-0.2, -0.15) is 12.7 Å². The van der Waals surface area contributed by atoms with Crippen LogP contribution in [-0.2, 0) is 16.6 Å². The summed E-state index contributed by atoms with van der Waals surface area (Å²) in [6, 6.07) is 7.57. The fourth-order valence-corrected chi connectivity index (χ4v) is 3.74. The summed E-state index contributed by atoms with van der Waals surface area (Å²) in [4.78, 5) is 16.6. The Morgan fingerprint density at radius 1 is 1.33 bits per heavy atom. The predicted molar refractivity (Wildman–Crippen MR) is 95.7 cm³/mol. The van der Waals surface area contributed by atoms with E-state index in [0.29, 0.717) is 12.0 Å². The maximum atomic E-state index is 12.0. The van der Waals surface area contributed by atoms with Crippen LogP contribution in [0.1, 0.15) is 29.4 Å². The number of aromatic nitrogens is 2. The van der Waals surface area contributed by atoms with Crippen LogP contribution >= 0.6 is 11.8 Å². The number of benzene rings is 1. The number of aryl methyl sites for hydroxylation is 1. The van der Waals surface area contributed by atoms with Crippen LogP contribution in [-0.4, -0.2) is 47.3 Å². The van der Waals surface area contributed by atoms with Gasteiger partial charge in [-0.05, 0) is 37.7 Å². The van der Waals surface area contributed by atoms with Gasteiger partial charge in [0.25, 0.3) is 0 Å². The van der Waals surface area contributed by atoms with E-state index < -0.39 is 10.2 Å². The number of Topliss-reactive ketones (excluding diaryl/α,β-unsaturated/α-hetero) is 1. The van der Waals surface area contributed by atoms with Gasteiger partial charge in [0.2, 0.25) is 0 Å². The Labute approximate surface area is 147 Å². The predicted octanol–water partition coefficient (Wildman–Crippen LogP) is 2.47. The largest absolute Gasteiger partial charge is 0.308 e. The first kappa shape index (κ1) is 18.7. The average molecular weight is 367 g/mol. The van der Waals surface area contributed by atoms with E-state index in [0.717, 1.165) is 31.0 Å². The van der Waals surface area contributed by atoms with Crippen LogP contribution in [0, 0.1) is 0 Å². The van der Waals surface area contributed by atoms with E-state index in [9.17, 15) is 13.2 Å². The van der Waals surface area contributed by atoms with E-state index in [4.69, 9.17) is 0 Å². The zero-order valence-electron chi connectivity index (χ0n) is 14.0. The molecule has 8 heteroatoms. The molecule has 6 nitrogen and oxygen atoms in total. The molecule has 2 aromatic rings. The molecular formula is C16H21N3O3S2. The molecule has 0 bridgehead atoms. The minimum absolute atomic E-state index is 0.0603. The summed E-state index contributed by atoms with van der Waals surface area (Å²) in [6.07, 6.45) is 4.45. The number of ketones is 1. The van der Waals surface area contributed by atoms with E-state index in [1.165, 1.54) is 20.4 Å². The van der Waals surface area contributed by atoms with Gasteiger partial charge in [0, 0.05) is 30.8 Å². The third-order valence-corrected chi connectivity index (χ3v) is 6.16. The minimum Gasteiger partial charge on any atom is -0.295 e. The van der Waals surface area contributed by atoms with E-state index in [1.54, 1.807) is 24.9 Å². The Balaban J connectivity index is 1.86. The highest BCUT2D eigenvalue weighted by Crippen LogP contribution is 2.21. The van der Waals surface area contributed by atoms with Crippen molar-refractivity contribution in [2.45, 2.75) is 24.7 Å². The second kappa shape index (κ2) is 7.96. The van der Waals surface area contributed by atoms with Crippen molar-refractivity contribution in [1.82, 2.24) is 13.3 Å². The molecule has 0 atom stereocenters. The first-order valence-corrected chi connectivity index (χ1v) is 9.88. The van der Waals surface area contributed by atoms with E-state index in [-0.39, 0.29) is 5.78 Å². The second-order valence-electron chi connectivity index (χ2n) is 5.52. The minimum atomic E-state index is -3.49. The smallest absolute Gasteiger partial charge is 0.295 e. The lowest BCUT2D eigenvalue weighted by Gasteiger charge is -2.10. The van der Waals surface area contributed by atoms with Crippen LogP contribution in [0.5, 0.6) is 0 Å². The number of hydrogen-bond acceptors (Lipinski definition) is 5. The van der Waals surface area contributed by atoms with Crippen LogP contribution in [0.15, 0.2) is 41.7 Å². The summed E-state index contributed by atoms with van der Waals surface area (Å²) in [5.74, 6) is 0.930. The molecule has 0 radical (unpaired) electrons. The zero-order valence-corrected chi connectivity index (χ0v) is 15.6. The number of nitrogens with zero attached hydrogens (tertiary/aromatic N) is 3. The van der Waals surface area contributed by atoms with Crippen LogP contribution in [0.3, 0.4) is 0 Å². The lowest BCUT2D eigenvalue weighted by Crippen LogP contribution is -2.27. The van der Waals surface area contributed by atoms with Gasteiger partial charge in [-0.25, -0.2) is 8.96 Å². The molecule has 0 aliphatic heterocycles. The molecule has 130 valence electrons. The molecule has 24 heavy (non-hydrogen) atoms. The number of thioether (sulfide) groups is 1. The standard InChI is InChI=1S/C16H21N3O3S2/c1-13(20)14-6-4-8-16(10-14)23-9-5-7-15-11-19(12-17-15)24(21,22)18(2)3/h4,6,8,10-12H,5,7,9H2,1-3H3. The van der Waals surface area contributed by atoms with Gasteiger partial charge >= 0.3 is 10.2 Å². The van der Waals surface area contributed by atoms with Crippen LogP contribution in [0.4, 0.5) is 0 Å². The number of hydrogen-bond donors (Lipinski definition) is 0. The third-order valence-electron chi connectivity index (χ3n) is 3.43. The van der Waals surface area contributed by atoms with Gasteiger partial charge in [-0.1, -0.05) is 12.1 Å². The highest BCUT2D eigenvalue weighted by atomic mass is 32.2. The number of imidazole rings is 1. The Hall–Kier alpha value is -1.64. The molecule has 0 aliphatic carbocycles. The van der Waals surface area contributed by atoms with Gasteiger partial charge in [0.05, 0.1) is 5.69 Å². The van der Waals surface area contributed by atoms with Crippen molar-refractivity contribution < 1.29 is 13.2 Å². The molecule has 0 aliphatic rings. The number of carbonyl (C=O) groups excluding carboxylic acids is 1. The van der Waals surface area contributed by atoms with Gasteiger partial charge in [0.15, 0.2) is 5.78 Å². The summed E-state index contributed by atoms with van der Waals surface area (Å²) >= 11 is 1.68. The van der Waals surface area contributed by atoms with Crippen molar-refractivity contribution in [2.75, 3.05) is 19.8 Å². The second-order valence-corrected chi connectivity index (χ2v) is 8.74. The molecule has 0 amide bonds. The lowest BCUT2D eigenvalue weighted by atomic mass is 10.2. The van der Waals surface area contributed by atoms with Crippen molar-refractivity contribution in [2.24, 2.45) is 0 Å². The average Bonchev–Trinajstić information content (AvgIpc) is 3.01. The van der Waals surface area contributed by atoms with Crippen molar-refractivity contribution in [3.8, 4) is 0 Å². The van der Waals surface area contributed by atoms with Crippen LogP contribution < -0.4 is 0 Å². The van der Waals surface area contributed by atoms with Crippen molar-refractivity contribution >= 4 is 27.8 Å². The van der Waals surface area contributed by atoms with Crippen molar-refractivity contribution in [3.05, 3.63) is 48.0 Å². The summed E-state index contributed by atoms with van der Waals surface area (Å²) in [7, 11) is -0.518. The summed E-state index contributed by atoms with van der Waals surface area (Å²) in [5.41, 5.74) is 1.46. The Kier molecular flexibility index (Phi) is 6.20. The molecule has 1 aromatic heterocycles. The molecule has 0 unspecified atom stereocenters. The van der Waals surface area contributed by atoms with Crippen molar-refractivity contribution in [3.63, 3.8) is 0 Å². The zero-order chi connectivity index (χ0) is 17.7. The van der Waals surface area contributed by atoms with E-state index >= 15 is 0 Å². The highest BCUT2D eigenvalue weighted by Gasteiger charge is 2.16. The molecule has 1 heterocycles. The van der Waals surface area contributed by atoms with E-state index in [1.807, 2.05) is 24.3 Å². The first-order valence-electron chi connectivity index (χ1n) is 7.50. The fraction of sp³-hybridized carbons (Fsp3) is 0.375. The number of carbonyl (C=O) groups is 1. The lowest BCUT2D eigenvalue weighted by molar-refractivity contribution is 0.101. The van der Waals surface area contributed by atoms with Gasteiger partial charge in [-0.15, -0.1) is 11.8 Å². The fourth-order valence-electron chi connectivity index (χ4n) is 2.04. The normalized spacial score (nSPS) is 11.8. The highest BCUT2D eigenvalue weighted by molar-refractivity contribution is 7.99. The van der Waals surface area contributed by atoms with Crippen LogP contribution in [0.25, 0.3) is 0 Å². The topological polar surface area (TPSA) is 72.3 Å². The van der Waals surface area contributed by atoms with E-state index in [2.05, 4.69) is 4.98 Å². The van der Waals surface area contributed by atoms with Gasteiger partial charge in [-0.3, -0.25) is 4.79 Å². The molecule has 0 saturated carbocycles. The monoisotopic (exact) mass is 367 g/mol. The third kappa shape index (κ3) is 4.68. The molecular weight excluding hydrogens is 346 g/mol. The Bertz CT molecular complexity index is 813. The first-order chi connectivity index (χ1) is 11.3. The summed E-state index contributed by atoms with van der Waals surface area (Å²) < 4.78 is 26.2. The van der Waals surface area contributed by atoms with Crippen molar-refractivity contribution in [1.29, 1.82) is 0 Å². The SMILES string of the molecule is CC(=O)c1cccc(SCCCc2cn(S(=O)(=O)N(C)C)cn2)c1. The Morgan fingerprint density at radius 3 is 2.75 bits per heavy atom. The molecule has 0 N–H and O–H groups in total.